The molecule has 118 valence electrons. The third-order valence-corrected chi connectivity index (χ3v) is 3.92. The zero-order chi connectivity index (χ0) is 16.7. The van der Waals surface area contributed by atoms with E-state index in [1.54, 1.807) is 13.0 Å². The first-order valence-electron chi connectivity index (χ1n) is 6.61. The Morgan fingerprint density at radius 2 is 1.96 bits per heavy atom. The number of nitrogens with two attached hydrogens (primary N) is 1. The van der Waals surface area contributed by atoms with E-state index in [4.69, 9.17) is 5.73 Å². The number of aryl methyl sites for hydroxylation is 2. The van der Waals surface area contributed by atoms with Crippen molar-refractivity contribution >= 4 is 29.2 Å². The maximum Gasteiger partial charge on any atom is 0.273 e. The number of anilines is 1. The van der Waals surface area contributed by atoms with Crippen molar-refractivity contribution in [3.8, 4) is 11.4 Å². The number of rotatable bonds is 3. The van der Waals surface area contributed by atoms with Gasteiger partial charge in [-0.1, -0.05) is 11.8 Å². The quantitative estimate of drug-likeness (QED) is 0.439. The first-order valence-corrected chi connectivity index (χ1v) is 7.83. The topological polar surface area (TPSA) is 125 Å². The Morgan fingerprint density at radius 1 is 1.22 bits per heavy atom. The van der Waals surface area contributed by atoms with Gasteiger partial charge in [0.2, 0.25) is 5.95 Å². The van der Waals surface area contributed by atoms with Gasteiger partial charge >= 0.3 is 0 Å². The molecule has 0 aliphatic heterocycles. The van der Waals surface area contributed by atoms with Crippen molar-refractivity contribution in [1.29, 1.82) is 0 Å². The van der Waals surface area contributed by atoms with E-state index >= 15 is 0 Å². The van der Waals surface area contributed by atoms with Gasteiger partial charge in [-0.05, 0) is 31.7 Å². The van der Waals surface area contributed by atoms with Crippen LogP contribution in [0.15, 0.2) is 17.3 Å². The van der Waals surface area contributed by atoms with Gasteiger partial charge in [0.1, 0.15) is 0 Å². The molecule has 0 aliphatic rings. The van der Waals surface area contributed by atoms with E-state index in [1.807, 2.05) is 13.2 Å². The highest BCUT2D eigenvalue weighted by atomic mass is 32.2. The standard InChI is InChI=1S/C13H13N7O2S/c1-6-4-7(2)9(20(21)22)5-8(6)10-15-12-17-13(23-3)16-11(14)19(12)18-10/h4-5H,1-3H3,(H2,14,15,16,17,18). The summed E-state index contributed by atoms with van der Waals surface area (Å²) >= 11 is 1.34. The van der Waals surface area contributed by atoms with Crippen molar-refractivity contribution in [2.24, 2.45) is 0 Å². The number of hydrogen-bond donors (Lipinski definition) is 1. The molecule has 1 aromatic carbocycles. The van der Waals surface area contributed by atoms with Crippen molar-refractivity contribution in [2.75, 3.05) is 12.0 Å². The molecule has 3 rings (SSSR count). The summed E-state index contributed by atoms with van der Waals surface area (Å²) in [6, 6.07) is 3.21. The van der Waals surface area contributed by atoms with Crippen molar-refractivity contribution in [3.05, 3.63) is 33.4 Å². The summed E-state index contributed by atoms with van der Waals surface area (Å²) in [6.45, 7) is 3.54. The number of nitro groups is 1. The Hall–Kier alpha value is -2.75. The number of nitro benzene ring substituents is 1. The van der Waals surface area contributed by atoms with E-state index in [0.717, 1.165) is 5.56 Å². The van der Waals surface area contributed by atoms with Crippen LogP contribution in [0.1, 0.15) is 11.1 Å². The fourth-order valence-corrected chi connectivity index (χ4v) is 2.63. The van der Waals surface area contributed by atoms with Crippen LogP contribution in [0.3, 0.4) is 0 Å². The fourth-order valence-electron chi connectivity index (χ4n) is 2.27. The van der Waals surface area contributed by atoms with Crippen molar-refractivity contribution in [2.45, 2.75) is 19.0 Å². The summed E-state index contributed by atoms with van der Waals surface area (Å²) in [7, 11) is 0. The minimum atomic E-state index is -0.423. The van der Waals surface area contributed by atoms with Crippen LogP contribution in [0, 0.1) is 24.0 Å². The van der Waals surface area contributed by atoms with Crippen LogP contribution in [-0.2, 0) is 0 Å². The zero-order valence-corrected chi connectivity index (χ0v) is 13.5. The third-order valence-electron chi connectivity index (χ3n) is 3.38. The predicted molar refractivity (Wildman–Crippen MR) is 86.3 cm³/mol. The van der Waals surface area contributed by atoms with Crippen LogP contribution in [0.25, 0.3) is 17.2 Å². The highest BCUT2D eigenvalue weighted by Crippen LogP contribution is 2.29. The van der Waals surface area contributed by atoms with Gasteiger partial charge in [-0.3, -0.25) is 10.1 Å². The van der Waals surface area contributed by atoms with Crippen LogP contribution in [0.5, 0.6) is 0 Å². The smallest absolute Gasteiger partial charge is 0.273 e. The van der Waals surface area contributed by atoms with Gasteiger partial charge in [-0.15, -0.1) is 5.10 Å². The molecule has 3 aromatic rings. The number of aromatic nitrogens is 5. The van der Waals surface area contributed by atoms with E-state index in [0.29, 0.717) is 27.9 Å². The monoisotopic (exact) mass is 331 g/mol. The van der Waals surface area contributed by atoms with Gasteiger partial charge in [-0.25, -0.2) is 0 Å². The summed E-state index contributed by atoms with van der Waals surface area (Å²) in [5, 5.41) is 15.9. The zero-order valence-electron chi connectivity index (χ0n) is 12.6. The van der Waals surface area contributed by atoms with Gasteiger partial charge in [-0.2, -0.15) is 19.5 Å². The second kappa shape index (κ2) is 5.47. The van der Waals surface area contributed by atoms with Crippen LogP contribution in [0.4, 0.5) is 11.6 Å². The Labute approximate surface area is 135 Å². The number of thioether (sulfide) groups is 1. The summed E-state index contributed by atoms with van der Waals surface area (Å²) in [5.41, 5.74) is 7.86. The largest absolute Gasteiger partial charge is 0.368 e. The molecule has 2 aromatic heterocycles. The summed E-state index contributed by atoms with van der Waals surface area (Å²) in [5.74, 6) is 0.793. The molecule has 0 spiro atoms. The van der Waals surface area contributed by atoms with Gasteiger partial charge in [0.25, 0.3) is 11.5 Å². The fraction of sp³-hybridized carbons (Fsp3) is 0.231. The van der Waals surface area contributed by atoms with Crippen molar-refractivity contribution in [1.82, 2.24) is 24.6 Å². The molecule has 10 heteroatoms. The summed E-state index contributed by atoms with van der Waals surface area (Å²) in [6.07, 6.45) is 1.83. The van der Waals surface area contributed by atoms with E-state index in [1.165, 1.54) is 22.3 Å². The first-order chi connectivity index (χ1) is 10.9. The van der Waals surface area contributed by atoms with Crippen LogP contribution >= 0.6 is 11.8 Å². The minimum absolute atomic E-state index is 0.0216. The van der Waals surface area contributed by atoms with Crippen molar-refractivity contribution < 1.29 is 4.92 Å². The lowest BCUT2D eigenvalue weighted by Crippen LogP contribution is -2.04. The lowest BCUT2D eigenvalue weighted by atomic mass is 10.0. The SMILES string of the molecule is CSc1nc(N)n2nc(-c3cc([N+](=O)[O-])c(C)cc3C)nc2n1. The first kappa shape index (κ1) is 15.2. The third kappa shape index (κ3) is 2.57. The molecule has 0 bridgehead atoms. The highest BCUT2D eigenvalue weighted by Gasteiger charge is 2.19. The molecule has 2 N–H and O–H groups in total. The number of fused-ring (bicyclic) bond motifs is 1. The second-order valence-electron chi connectivity index (χ2n) is 4.93. The Kier molecular flexibility index (Phi) is 3.60. The van der Waals surface area contributed by atoms with E-state index in [-0.39, 0.29) is 11.6 Å². The summed E-state index contributed by atoms with van der Waals surface area (Å²) in [4.78, 5) is 23.4. The van der Waals surface area contributed by atoms with Crippen LogP contribution < -0.4 is 5.73 Å². The Bertz CT molecular complexity index is 938. The highest BCUT2D eigenvalue weighted by molar-refractivity contribution is 7.98. The minimum Gasteiger partial charge on any atom is -0.368 e. The second-order valence-corrected chi connectivity index (χ2v) is 5.70. The maximum atomic E-state index is 11.1. The molecular formula is C13H13N7O2S. The molecule has 0 saturated carbocycles. The average molecular weight is 331 g/mol. The molecule has 0 radical (unpaired) electrons. The van der Waals surface area contributed by atoms with E-state index in [2.05, 4.69) is 20.1 Å². The molecule has 0 aliphatic carbocycles. The Balaban J connectivity index is 2.23. The number of nitrogen functional groups attached to an aromatic ring is 1. The van der Waals surface area contributed by atoms with E-state index < -0.39 is 4.92 Å². The average Bonchev–Trinajstić information content (AvgIpc) is 2.91. The molecule has 0 fully saturated rings. The maximum absolute atomic E-state index is 11.1. The van der Waals surface area contributed by atoms with Gasteiger partial charge in [0, 0.05) is 17.2 Å². The van der Waals surface area contributed by atoms with Gasteiger partial charge < -0.3 is 5.73 Å². The van der Waals surface area contributed by atoms with Gasteiger partial charge in [0.15, 0.2) is 11.0 Å². The van der Waals surface area contributed by atoms with Crippen molar-refractivity contribution in [3.63, 3.8) is 0 Å². The van der Waals surface area contributed by atoms with Crippen LogP contribution in [0.2, 0.25) is 0 Å². The lowest BCUT2D eigenvalue weighted by molar-refractivity contribution is -0.385. The Morgan fingerprint density at radius 3 is 2.61 bits per heavy atom. The number of nitrogens with zero attached hydrogens (tertiary/aromatic N) is 6. The number of benzene rings is 1. The molecular weight excluding hydrogens is 318 g/mol. The number of hydrogen-bond acceptors (Lipinski definition) is 8. The van der Waals surface area contributed by atoms with E-state index in [9.17, 15) is 10.1 Å². The molecule has 2 heterocycles. The van der Waals surface area contributed by atoms with Crippen LogP contribution in [-0.4, -0.2) is 35.7 Å². The molecule has 9 nitrogen and oxygen atoms in total. The molecule has 0 unspecified atom stereocenters. The summed E-state index contributed by atoms with van der Waals surface area (Å²) < 4.78 is 1.32. The molecule has 23 heavy (non-hydrogen) atoms. The molecule has 0 atom stereocenters. The normalized spacial score (nSPS) is 11.1. The van der Waals surface area contributed by atoms with Gasteiger partial charge in [0.05, 0.1) is 4.92 Å². The predicted octanol–water partition coefficient (Wildman–Crippen LogP) is 2.02. The molecule has 0 saturated heterocycles. The molecule has 0 amide bonds. The lowest BCUT2D eigenvalue weighted by Gasteiger charge is -2.04.